The first kappa shape index (κ1) is 15.1. The van der Waals surface area contributed by atoms with Crippen molar-refractivity contribution in [3.63, 3.8) is 0 Å². The van der Waals surface area contributed by atoms with E-state index in [1.807, 2.05) is 55.5 Å². The maximum Gasteiger partial charge on any atom is 0.319 e. The summed E-state index contributed by atoms with van der Waals surface area (Å²) < 4.78 is 0. The van der Waals surface area contributed by atoms with E-state index in [0.29, 0.717) is 11.6 Å². The number of rotatable bonds is 4. The molecule has 0 heterocycles. The summed E-state index contributed by atoms with van der Waals surface area (Å²) in [7, 11) is 0. The van der Waals surface area contributed by atoms with Crippen molar-refractivity contribution in [3.8, 4) is 0 Å². The van der Waals surface area contributed by atoms with E-state index in [0.717, 1.165) is 11.1 Å². The number of hydrogen-bond acceptors (Lipinski definition) is 1. The van der Waals surface area contributed by atoms with Gasteiger partial charge in [-0.15, -0.1) is 0 Å². The van der Waals surface area contributed by atoms with Crippen molar-refractivity contribution < 1.29 is 4.79 Å². The van der Waals surface area contributed by atoms with Gasteiger partial charge in [-0.3, -0.25) is 0 Å². The Morgan fingerprint density at radius 3 is 2.67 bits per heavy atom. The zero-order valence-corrected chi connectivity index (χ0v) is 12.5. The monoisotopic (exact) mass is 300 g/mol. The normalized spacial score (nSPS) is 10.6. The molecule has 108 valence electrons. The topological polar surface area (TPSA) is 41.1 Å². The van der Waals surface area contributed by atoms with Crippen LogP contribution in [0, 0.1) is 6.92 Å². The predicted octanol–water partition coefficient (Wildman–Crippen LogP) is 4.12. The second-order valence-corrected chi connectivity index (χ2v) is 5.14. The summed E-state index contributed by atoms with van der Waals surface area (Å²) in [5, 5.41) is 6.09. The quantitative estimate of drug-likeness (QED) is 0.876. The van der Waals surface area contributed by atoms with Crippen LogP contribution in [0.4, 0.5) is 4.79 Å². The van der Waals surface area contributed by atoms with E-state index >= 15 is 0 Å². The number of aryl methyl sites for hydroxylation is 1. The molecular formula is C17H17ClN2O. The molecule has 2 aromatic carbocycles. The van der Waals surface area contributed by atoms with Gasteiger partial charge in [-0.05, 0) is 36.3 Å². The highest BCUT2D eigenvalue weighted by atomic mass is 35.5. The maximum absolute atomic E-state index is 11.6. The number of hydrogen-bond donors (Lipinski definition) is 2. The first-order valence-corrected chi connectivity index (χ1v) is 7.03. The molecule has 0 bridgehead atoms. The minimum Gasteiger partial charge on any atom is -0.334 e. The van der Waals surface area contributed by atoms with Crippen LogP contribution in [-0.4, -0.2) is 6.03 Å². The fourth-order valence-corrected chi connectivity index (χ4v) is 1.98. The largest absolute Gasteiger partial charge is 0.334 e. The van der Waals surface area contributed by atoms with E-state index in [9.17, 15) is 4.79 Å². The molecule has 0 aliphatic rings. The smallest absolute Gasteiger partial charge is 0.319 e. The lowest BCUT2D eigenvalue weighted by Crippen LogP contribution is -2.31. The van der Waals surface area contributed by atoms with Crippen LogP contribution in [0.25, 0.3) is 6.08 Å². The maximum atomic E-state index is 11.6. The summed E-state index contributed by atoms with van der Waals surface area (Å²) in [5.74, 6) is 0. The van der Waals surface area contributed by atoms with Crippen molar-refractivity contribution in [2.24, 2.45) is 0 Å². The summed E-state index contributed by atoms with van der Waals surface area (Å²) in [6, 6.07) is 15.2. The van der Waals surface area contributed by atoms with Crippen LogP contribution >= 0.6 is 11.6 Å². The van der Waals surface area contributed by atoms with E-state index in [2.05, 4.69) is 10.6 Å². The summed E-state index contributed by atoms with van der Waals surface area (Å²) in [4.78, 5) is 11.6. The molecule has 2 rings (SSSR count). The Bertz CT molecular complexity index is 635. The van der Waals surface area contributed by atoms with E-state index in [1.54, 1.807) is 12.3 Å². The summed E-state index contributed by atoms with van der Waals surface area (Å²) in [6.45, 7) is 2.47. The second-order valence-electron chi connectivity index (χ2n) is 4.70. The molecule has 4 heteroatoms. The van der Waals surface area contributed by atoms with Gasteiger partial charge in [0.15, 0.2) is 0 Å². The minimum atomic E-state index is -0.252. The standard InChI is InChI=1S/C17H17ClN2O/c1-13-5-7-14(8-6-13)9-10-19-17(21)20-12-15-3-2-4-16(18)11-15/h2-11H,12H2,1H3,(H2,19,20,21)/b10-9+. The Morgan fingerprint density at radius 2 is 1.95 bits per heavy atom. The van der Waals surface area contributed by atoms with Crippen LogP contribution in [-0.2, 0) is 6.54 Å². The van der Waals surface area contributed by atoms with Gasteiger partial charge in [0.1, 0.15) is 0 Å². The molecular weight excluding hydrogens is 284 g/mol. The van der Waals surface area contributed by atoms with Crippen LogP contribution in [0.3, 0.4) is 0 Å². The number of carbonyl (C=O) groups is 1. The highest BCUT2D eigenvalue weighted by Gasteiger charge is 1.98. The molecule has 0 unspecified atom stereocenters. The van der Waals surface area contributed by atoms with Crippen molar-refractivity contribution in [2.75, 3.05) is 0 Å². The molecule has 21 heavy (non-hydrogen) atoms. The zero-order chi connectivity index (χ0) is 15.1. The van der Waals surface area contributed by atoms with Crippen LogP contribution in [0.1, 0.15) is 16.7 Å². The van der Waals surface area contributed by atoms with Gasteiger partial charge in [-0.1, -0.05) is 53.6 Å². The van der Waals surface area contributed by atoms with Crippen LogP contribution < -0.4 is 10.6 Å². The van der Waals surface area contributed by atoms with E-state index in [1.165, 1.54) is 5.56 Å². The number of urea groups is 1. The zero-order valence-electron chi connectivity index (χ0n) is 11.8. The number of halogens is 1. The average Bonchev–Trinajstić information content (AvgIpc) is 2.47. The van der Waals surface area contributed by atoms with Gasteiger partial charge in [0, 0.05) is 17.8 Å². The Balaban J connectivity index is 1.78. The van der Waals surface area contributed by atoms with Gasteiger partial charge in [-0.25, -0.2) is 4.79 Å². The van der Waals surface area contributed by atoms with Gasteiger partial charge in [-0.2, -0.15) is 0 Å². The summed E-state index contributed by atoms with van der Waals surface area (Å²) in [5.41, 5.74) is 3.20. The molecule has 0 saturated carbocycles. The fourth-order valence-electron chi connectivity index (χ4n) is 1.77. The molecule has 0 aliphatic heterocycles. The molecule has 0 radical (unpaired) electrons. The van der Waals surface area contributed by atoms with Crippen molar-refractivity contribution in [3.05, 3.63) is 76.4 Å². The average molecular weight is 301 g/mol. The third-order valence-electron chi connectivity index (χ3n) is 2.91. The molecule has 0 saturated heterocycles. The highest BCUT2D eigenvalue weighted by molar-refractivity contribution is 6.30. The number of amides is 2. The van der Waals surface area contributed by atoms with Crippen LogP contribution in [0.15, 0.2) is 54.7 Å². The molecule has 0 atom stereocenters. The predicted molar refractivity (Wildman–Crippen MR) is 87.0 cm³/mol. The Labute approximate surface area is 129 Å². The lowest BCUT2D eigenvalue weighted by Gasteiger charge is -2.05. The van der Waals surface area contributed by atoms with Crippen LogP contribution in [0.2, 0.25) is 5.02 Å². The van der Waals surface area contributed by atoms with Gasteiger partial charge in [0.2, 0.25) is 0 Å². The van der Waals surface area contributed by atoms with E-state index in [-0.39, 0.29) is 6.03 Å². The van der Waals surface area contributed by atoms with Gasteiger partial charge < -0.3 is 10.6 Å². The van der Waals surface area contributed by atoms with E-state index < -0.39 is 0 Å². The van der Waals surface area contributed by atoms with Gasteiger partial charge in [0.05, 0.1) is 0 Å². The first-order valence-electron chi connectivity index (χ1n) is 6.65. The molecule has 0 spiro atoms. The SMILES string of the molecule is Cc1ccc(/C=C/NC(=O)NCc2cccc(Cl)c2)cc1. The molecule has 0 aromatic heterocycles. The van der Waals surface area contributed by atoms with Crippen molar-refractivity contribution in [1.82, 2.24) is 10.6 Å². The Kier molecular flexibility index (Phi) is 5.41. The first-order chi connectivity index (χ1) is 10.1. The molecule has 0 fully saturated rings. The minimum absolute atomic E-state index is 0.252. The molecule has 2 N–H and O–H groups in total. The van der Waals surface area contributed by atoms with Gasteiger partial charge >= 0.3 is 6.03 Å². The highest BCUT2D eigenvalue weighted by Crippen LogP contribution is 2.10. The third-order valence-corrected chi connectivity index (χ3v) is 3.14. The second kappa shape index (κ2) is 7.50. The van der Waals surface area contributed by atoms with Crippen molar-refractivity contribution in [2.45, 2.75) is 13.5 Å². The lowest BCUT2D eigenvalue weighted by molar-refractivity contribution is 0.244. The Hall–Kier alpha value is -2.26. The summed E-state index contributed by atoms with van der Waals surface area (Å²) >= 11 is 5.88. The third kappa shape index (κ3) is 5.32. The molecule has 3 nitrogen and oxygen atoms in total. The number of benzene rings is 2. The summed E-state index contributed by atoms with van der Waals surface area (Å²) in [6.07, 6.45) is 3.47. The molecule has 0 aliphatic carbocycles. The van der Waals surface area contributed by atoms with Gasteiger partial charge in [0.25, 0.3) is 0 Å². The Morgan fingerprint density at radius 1 is 1.19 bits per heavy atom. The van der Waals surface area contributed by atoms with E-state index in [4.69, 9.17) is 11.6 Å². The molecule has 2 aromatic rings. The molecule has 2 amide bonds. The van der Waals surface area contributed by atoms with Crippen LogP contribution in [0.5, 0.6) is 0 Å². The number of nitrogens with one attached hydrogen (secondary N) is 2. The fraction of sp³-hybridized carbons (Fsp3) is 0.118. The van der Waals surface area contributed by atoms with Crippen molar-refractivity contribution >= 4 is 23.7 Å². The van der Waals surface area contributed by atoms with Crippen molar-refractivity contribution in [1.29, 1.82) is 0 Å². The lowest BCUT2D eigenvalue weighted by atomic mass is 10.1. The number of carbonyl (C=O) groups excluding carboxylic acids is 1.